The Kier molecular flexibility index (Phi) is 5.37. The molecule has 6 heteroatoms. The van der Waals surface area contributed by atoms with E-state index in [1.807, 2.05) is 0 Å². The van der Waals surface area contributed by atoms with Gasteiger partial charge in [-0.3, -0.25) is 9.59 Å². The van der Waals surface area contributed by atoms with E-state index in [2.05, 4.69) is 5.32 Å². The molecule has 1 atom stereocenters. The molecule has 1 saturated heterocycles. The fourth-order valence-electron chi connectivity index (χ4n) is 1.98. The van der Waals surface area contributed by atoms with Gasteiger partial charge in [0.15, 0.2) is 0 Å². The van der Waals surface area contributed by atoms with Gasteiger partial charge in [-0.05, 0) is 32.4 Å². The zero-order valence-corrected chi connectivity index (χ0v) is 10.2. The van der Waals surface area contributed by atoms with Gasteiger partial charge in [0.2, 0.25) is 5.91 Å². The maximum absolute atomic E-state index is 11.8. The first-order valence-corrected chi connectivity index (χ1v) is 5.97. The molecule has 98 valence electrons. The van der Waals surface area contributed by atoms with Crippen molar-refractivity contribution in [2.75, 3.05) is 20.1 Å². The predicted molar refractivity (Wildman–Crippen MR) is 63.5 cm³/mol. The van der Waals surface area contributed by atoms with Crippen molar-refractivity contribution in [3.8, 4) is 0 Å². The molecule has 0 unspecified atom stereocenters. The molecule has 1 rings (SSSR count). The van der Waals surface area contributed by atoms with Crippen LogP contribution in [0.4, 0.5) is 0 Å². The molecule has 1 fully saturated rings. The molecule has 17 heavy (non-hydrogen) atoms. The Balaban J connectivity index is 2.33. The van der Waals surface area contributed by atoms with Crippen molar-refractivity contribution in [3.63, 3.8) is 0 Å². The minimum atomic E-state index is -1.05. The third-order valence-corrected chi connectivity index (χ3v) is 3.24. The monoisotopic (exact) mass is 243 g/mol. The summed E-state index contributed by atoms with van der Waals surface area (Å²) in [4.78, 5) is 24.1. The second-order valence-electron chi connectivity index (χ2n) is 4.47. The zero-order chi connectivity index (χ0) is 12.8. The molecule has 0 saturated carbocycles. The van der Waals surface area contributed by atoms with Crippen molar-refractivity contribution in [1.82, 2.24) is 10.2 Å². The normalized spacial score (nSPS) is 18.7. The molecule has 0 radical (unpaired) electrons. The Labute approximate surface area is 101 Å². The molecule has 0 bridgehead atoms. The van der Waals surface area contributed by atoms with Gasteiger partial charge in [-0.1, -0.05) is 0 Å². The second kappa shape index (κ2) is 6.56. The highest BCUT2D eigenvalue weighted by molar-refractivity contribution is 5.78. The molecule has 1 amide bonds. The average molecular weight is 243 g/mol. The van der Waals surface area contributed by atoms with Crippen LogP contribution >= 0.6 is 0 Å². The molecule has 0 aromatic heterocycles. The number of rotatable bonds is 5. The first-order chi connectivity index (χ1) is 8.02. The number of carbonyl (C=O) groups is 2. The number of amides is 1. The van der Waals surface area contributed by atoms with Crippen LogP contribution in [0.1, 0.15) is 25.7 Å². The Bertz CT molecular complexity index is 277. The number of nitrogens with one attached hydrogen (secondary N) is 1. The maximum Gasteiger partial charge on any atom is 0.320 e. The number of carboxylic acids is 1. The molecule has 1 aliphatic rings. The largest absolute Gasteiger partial charge is 0.480 e. The highest BCUT2D eigenvalue weighted by Crippen LogP contribution is 2.12. The molecule has 6 nitrogen and oxygen atoms in total. The fourth-order valence-corrected chi connectivity index (χ4v) is 1.98. The number of hydrogen-bond acceptors (Lipinski definition) is 4. The van der Waals surface area contributed by atoms with Crippen LogP contribution in [-0.4, -0.2) is 54.1 Å². The first-order valence-electron chi connectivity index (χ1n) is 5.97. The van der Waals surface area contributed by atoms with E-state index < -0.39 is 12.0 Å². The lowest BCUT2D eigenvalue weighted by Crippen LogP contribution is -2.44. The second-order valence-corrected chi connectivity index (χ2v) is 4.47. The summed E-state index contributed by atoms with van der Waals surface area (Å²) < 4.78 is 0. The summed E-state index contributed by atoms with van der Waals surface area (Å²) in [6, 6.07) is -0.676. The average Bonchev–Trinajstić information content (AvgIpc) is 2.35. The Morgan fingerprint density at radius 1 is 1.47 bits per heavy atom. The summed E-state index contributed by atoms with van der Waals surface area (Å²) in [5.74, 6) is -1.07. The third kappa shape index (κ3) is 4.32. The van der Waals surface area contributed by atoms with Crippen LogP contribution in [0.3, 0.4) is 0 Å². The third-order valence-electron chi connectivity index (χ3n) is 3.24. The van der Waals surface area contributed by atoms with Gasteiger partial charge in [0.05, 0.1) is 0 Å². The number of nitrogens with zero attached hydrogens (tertiary/aromatic N) is 1. The van der Waals surface area contributed by atoms with E-state index in [1.165, 1.54) is 0 Å². The van der Waals surface area contributed by atoms with Gasteiger partial charge in [0.25, 0.3) is 0 Å². The minimum Gasteiger partial charge on any atom is -0.480 e. The van der Waals surface area contributed by atoms with Gasteiger partial charge in [-0.15, -0.1) is 0 Å². The first kappa shape index (κ1) is 13.9. The minimum absolute atomic E-state index is 0.0198. The van der Waals surface area contributed by atoms with Gasteiger partial charge < -0.3 is 21.1 Å². The molecular formula is C11H21N3O3. The summed E-state index contributed by atoms with van der Waals surface area (Å²) in [6.45, 7) is 1.86. The molecule has 0 aromatic rings. The van der Waals surface area contributed by atoms with Crippen LogP contribution in [-0.2, 0) is 9.59 Å². The molecule has 1 aliphatic heterocycles. The molecular weight excluding hydrogens is 222 g/mol. The van der Waals surface area contributed by atoms with Crippen LogP contribution in [0.15, 0.2) is 0 Å². The van der Waals surface area contributed by atoms with E-state index in [-0.39, 0.29) is 24.8 Å². The summed E-state index contributed by atoms with van der Waals surface area (Å²) in [7, 11) is 1.78. The Morgan fingerprint density at radius 3 is 2.59 bits per heavy atom. The smallest absolute Gasteiger partial charge is 0.320 e. The van der Waals surface area contributed by atoms with Crippen LogP contribution in [0.2, 0.25) is 0 Å². The lowest BCUT2D eigenvalue weighted by Gasteiger charge is -2.31. The van der Waals surface area contributed by atoms with Crippen molar-refractivity contribution in [3.05, 3.63) is 0 Å². The van der Waals surface area contributed by atoms with Crippen molar-refractivity contribution >= 4 is 11.9 Å². The lowest BCUT2D eigenvalue weighted by atomic mass is 10.0. The van der Waals surface area contributed by atoms with Crippen LogP contribution in [0.5, 0.6) is 0 Å². The molecule has 0 aliphatic carbocycles. The quantitative estimate of drug-likeness (QED) is 0.598. The number of piperidine rings is 1. The number of carboxylic acid groups (broad SMARTS) is 1. The van der Waals surface area contributed by atoms with Gasteiger partial charge in [0, 0.05) is 19.5 Å². The summed E-state index contributed by atoms with van der Waals surface area (Å²) >= 11 is 0. The summed E-state index contributed by atoms with van der Waals surface area (Å²) in [6.07, 6.45) is 2.30. The van der Waals surface area contributed by atoms with Gasteiger partial charge in [0.1, 0.15) is 6.04 Å². The summed E-state index contributed by atoms with van der Waals surface area (Å²) in [5.41, 5.74) is 5.36. The zero-order valence-electron chi connectivity index (χ0n) is 10.2. The predicted octanol–water partition coefficient (Wildman–Crippen LogP) is -0.611. The van der Waals surface area contributed by atoms with Crippen molar-refractivity contribution < 1.29 is 14.7 Å². The number of hydrogen-bond donors (Lipinski definition) is 3. The van der Waals surface area contributed by atoms with E-state index in [4.69, 9.17) is 10.8 Å². The van der Waals surface area contributed by atoms with Crippen LogP contribution in [0, 0.1) is 0 Å². The SMILES string of the molecule is CN(C(=O)CC[C@H](N)C(=O)O)C1CCNCC1. The van der Waals surface area contributed by atoms with E-state index in [9.17, 15) is 9.59 Å². The van der Waals surface area contributed by atoms with Crippen LogP contribution < -0.4 is 11.1 Å². The van der Waals surface area contributed by atoms with Gasteiger partial charge >= 0.3 is 5.97 Å². The van der Waals surface area contributed by atoms with Gasteiger partial charge in [-0.25, -0.2) is 0 Å². The maximum atomic E-state index is 11.8. The van der Waals surface area contributed by atoms with Crippen molar-refractivity contribution in [1.29, 1.82) is 0 Å². The highest BCUT2D eigenvalue weighted by Gasteiger charge is 2.22. The topological polar surface area (TPSA) is 95.7 Å². The molecule has 0 aromatic carbocycles. The summed E-state index contributed by atoms with van der Waals surface area (Å²) in [5, 5.41) is 11.9. The van der Waals surface area contributed by atoms with E-state index in [0.29, 0.717) is 0 Å². The molecule has 4 N–H and O–H groups in total. The Morgan fingerprint density at radius 2 is 2.06 bits per heavy atom. The van der Waals surface area contributed by atoms with E-state index in [0.717, 1.165) is 25.9 Å². The number of carbonyl (C=O) groups excluding carboxylic acids is 1. The Hall–Kier alpha value is -1.14. The van der Waals surface area contributed by atoms with E-state index in [1.54, 1.807) is 11.9 Å². The standard InChI is InChI=1S/C11H21N3O3/c1-14(8-4-6-13-7-5-8)10(15)3-2-9(12)11(16)17/h8-9,13H,2-7,12H2,1H3,(H,16,17)/t9-/m0/s1. The van der Waals surface area contributed by atoms with E-state index >= 15 is 0 Å². The molecule has 0 spiro atoms. The van der Waals surface area contributed by atoms with Crippen molar-refractivity contribution in [2.24, 2.45) is 5.73 Å². The van der Waals surface area contributed by atoms with Crippen molar-refractivity contribution in [2.45, 2.75) is 37.8 Å². The van der Waals surface area contributed by atoms with Gasteiger partial charge in [-0.2, -0.15) is 0 Å². The van der Waals surface area contributed by atoms with Crippen LogP contribution in [0.25, 0.3) is 0 Å². The highest BCUT2D eigenvalue weighted by atomic mass is 16.4. The molecule has 1 heterocycles. The fraction of sp³-hybridized carbons (Fsp3) is 0.818. The lowest BCUT2D eigenvalue weighted by molar-refractivity contribution is -0.139. The number of nitrogens with two attached hydrogens (primary N) is 1. The number of aliphatic carboxylic acids is 1.